The van der Waals surface area contributed by atoms with Crippen LogP contribution in [0, 0.1) is 0 Å². The molecule has 0 radical (unpaired) electrons. The highest BCUT2D eigenvalue weighted by Gasteiger charge is 2.23. The van der Waals surface area contributed by atoms with Gasteiger partial charge in [-0.3, -0.25) is 4.79 Å². The summed E-state index contributed by atoms with van der Waals surface area (Å²) in [6, 6.07) is 9.30. The highest BCUT2D eigenvalue weighted by atomic mass is 127. The molecule has 2 N–H and O–H groups in total. The van der Waals surface area contributed by atoms with Crippen LogP contribution < -0.4 is 10.6 Å². The number of carbonyl (C=O) groups excluding carboxylic acids is 2. The van der Waals surface area contributed by atoms with Crippen molar-refractivity contribution in [1.82, 2.24) is 15.1 Å². The first-order valence-corrected chi connectivity index (χ1v) is 8.94. The van der Waals surface area contributed by atoms with E-state index in [1.165, 1.54) is 0 Å². The van der Waals surface area contributed by atoms with Crippen LogP contribution in [0.2, 0.25) is 0 Å². The number of aliphatic imine (C=N–C) groups is 1. The quantitative estimate of drug-likeness (QED) is 0.376. The molecule has 8 nitrogen and oxygen atoms in total. The minimum absolute atomic E-state index is 0. The minimum Gasteiger partial charge on any atom is -0.450 e. The molecule has 1 saturated heterocycles. The summed E-state index contributed by atoms with van der Waals surface area (Å²) in [7, 11) is 0. The lowest BCUT2D eigenvalue weighted by Crippen LogP contribution is -2.54. The molecule has 1 aromatic rings. The molecular weight excluding hydrogens is 461 g/mol. The van der Waals surface area contributed by atoms with Crippen LogP contribution in [0.5, 0.6) is 0 Å². The number of nitrogens with one attached hydrogen (secondary N) is 2. The van der Waals surface area contributed by atoms with Crippen LogP contribution in [0.15, 0.2) is 35.3 Å². The summed E-state index contributed by atoms with van der Waals surface area (Å²) in [4.78, 5) is 32.0. The molecule has 0 atom stereocenters. The van der Waals surface area contributed by atoms with Gasteiger partial charge in [-0.2, -0.15) is 0 Å². The minimum atomic E-state index is -0.281. The van der Waals surface area contributed by atoms with Crippen LogP contribution >= 0.6 is 24.0 Å². The van der Waals surface area contributed by atoms with E-state index in [2.05, 4.69) is 20.5 Å². The lowest BCUT2D eigenvalue weighted by atomic mass is 10.3. The van der Waals surface area contributed by atoms with Crippen molar-refractivity contribution < 1.29 is 14.3 Å². The number of carbonyl (C=O) groups is 2. The van der Waals surface area contributed by atoms with Crippen molar-refractivity contribution in [2.24, 2.45) is 4.99 Å². The first-order chi connectivity index (χ1) is 12.6. The van der Waals surface area contributed by atoms with E-state index in [9.17, 15) is 9.59 Å². The van der Waals surface area contributed by atoms with Crippen molar-refractivity contribution in [2.45, 2.75) is 13.8 Å². The van der Waals surface area contributed by atoms with Gasteiger partial charge < -0.3 is 25.2 Å². The van der Waals surface area contributed by atoms with Gasteiger partial charge >= 0.3 is 6.09 Å². The number of nitrogens with zero attached hydrogens (tertiary/aromatic N) is 3. The summed E-state index contributed by atoms with van der Waals surface area (Å²) in [5, 5.41) is 6.02. The Morgan fingerprint density at radius 2 is 1.70 bits per heavy atom. The highest BCUT2D eigenvalue weighted by molar-refractivity contribution is 14.0. The van der Waals surface area contributed by atoms with Crippen molar-refractivity contribution in [3.05, 3.63) is 30.3 Å². The van der Waals surface area contributed by atoms with Gasteiger partial charge in [0.25, 0.3) is 0 Å². The first-order valence-electron chi connectivity index (χ1n) is 8.94. The van der Waals surface area contributed by atoms with Crippen LogP contribution in [0.3, 0.4) is 0 Å². The van der Waals surface area contributed by atoms with Crippen molar-refractivity contribution in [3.8, 4) is 0 Å². The average molecular weight is 489 g/mol. The molecular formula is C18H28IN5O3. The SMILES string of the molecule is CCNC(=NCC(=O)Nc1ccccc1)N1CCN(C(=O)OCC)CC1.I. The van der Waals surface area contributed by atoms with Gasteiger partial charge in [-0.15, -0.1) is 24.0 Å². The van der Waals surface area contributed by atoms with E-state index in [1.807, 2.05) is 37.3 Å². The molecule has 1 aliphatic rings. The monoisotopic (exact) mass is 489 g/mol. The van der Waals surface area contributed by atoms with Gasteiger partial charge in [-0.1, -0.05) is 18.2 Å². The number of piperazine rings is 1. The van der Waals surface area contributed by atoms with Crippen molar-refractivity contribution in [1.29, 1.82) is 0 Å². The number of halogens is 1. The number of para-hydroxylation sites is 1. The third-order valence-electron chi connectivity index (χ3n) is 3.87. The Bertz CT molecular complexity index is 619. The Morgan fingerprint density at radius 3 is 2.30 bits per heavy atom. The standard InChI is InChI=1S/C18H27N5O3.HI/c1-3-19-17(20-14-16(24)21-15-8-6-5-7-9-15)22-10-12-23(13-11-22)18(25)26-4-2;/h5-9H,3-4,10-14H2,1-2H3,(H,19,20)(H,21,24);1H. The first kappa shape index (κ1) is 23.0. The van der Waals surface area contributed by atoms with Crippen molar-refractivity contribution in [3.63, 3.8) is 0 Å². The number of anilines is 1. The molecule has 27 heavy (non-hydrogen) atoms. The fourth-order valence-electron chi connectivity index (χ4n) is 2.61. The third-order valence-corrected chi connectivity index (χ3v) is 3.87. The van der Waals surface area contributed by atoms with Crippen LogP contribution in [-0.4, -0.2) is 73.6 Å². The van der Waals surface area contributed by atoms with E-state index < -0.39 is 0 Å². The smallest absolute Gasteiger partial charge is 0.409 e. The summed E-state index contributed by atoms with van der Waals surface area (Å²) >= 11 is 0. The Morgan fingerprint density at radius 1 is 1.07 bits per heavy atom. The molecule has 0 bridgehead atoms. The van der Waals surface area contributed by atoms with E-state index in [0.29, 0.717) is 45.3 Å². The van der Waals surface area contributed by atoms with E-state index in [1.54, 1.807) is 11.8 Å². The molecule has 1 heterocycles. The third kappa shape index (κ3) is 7.61. The second-order valence-corrected chi connectivity index (χ2v) is 5.76. The van der Waals surface area contributed by atoms with Gasteiger partial charge in [0.1, 0.15) is 6.54 Å². The topological polar surface area (TPSA) is 86.3 Å². The van der Waals surface area contributed by atoms with E-state index in [4.69, 9.17) is 4.74 Å². The number of hydrogen-bond acceptors (Lipinski definition) is 4. The molecule has 1 aliphatic heterocycles. The largest absolute Gasteiger partial charge is 0.450 e. The number of benzene rings is 1. The maximum atomic E-state index is 12.1. The molecule has 9 heteroatoms. The van der Waals surface area contributed by atoms with Gasteiger partial charge in [0.15, 0.2) is 5.96 Å². The van der Waals surface area contributed by atoms with E-state index in [0.717, 1.165) is 5.69 Å². The predicted molar refractivity (Wildman–Crippen MR) is 117 cm³/mol. The van der Waals surface area contributed by atoms with Gasteiger partial charge in [0, 0.05) is 38.4 Å². The zero-order valence-corrected chi connectivity index (χ0v) is 18.1. The summed E-state index contributed by atoms with van der Waals surface area (Å²) in [6.07, 6.45) is -0.281. The molecule has 0 saturated carbocycles. The van der Waals surface area contributed by atoms with Gasteiger partial charge in [0.2, 0.25) is 5.91 Å². The maximum absolute atomic E-state index is 12.1. The van der Waals surface area contributed by atoms with Gasteiger partial charge in [-0.25, -0.2) is 9.79 Å². The van der Waals surface area contributed by atoms with E-state index in [-0.39, 0.29) is 42.5 Å². The summed E-state index contributed by atoms with van der Waals surface area (Å²) in [6.45, 7) is 7.32. The zero-order valence-electron chi connectivity index (χ0n) is 15.8. The normalized spacial score (nSPS) is 14.2. The molecule has 1 fully saturated rings. The number of ether oxygens (including phenoxy) is 1. The maximum Gasteiger partial charge on any atom is 0.409 e. The molecule has 1 aromatic carbocycles. The molecule has 2 rings (SSSR count). The Hall–Kier alpha value is -2.04. The summed E-state index contributed by atoms with van der Waals surface area (Å²) < 4.78 is 5.03. The fourth-order valence-corrected chi connectivity index (χ4v) is 2.61. The number of amides is 2. The Kier molecular flexibility index (Phi) is 10.5. The lowest BCUT2D eigenvalue weighted by molar-refractivity contribution is -0.114. The van der Waals surface area contributed by atoms with E-state index >= 15 is 0 Å². The molecule has 0 aromatic heterocycles. The van der Waals surface area contributed by atoms with Crippen molar-refractivity contribution >= 4 is 47.6 Å². The highest BCUT2D eigenvalue weighted by Crippen LogP contribution is 2.06. The fraction of sp³-hybridized carbons (Fsp3) is 0.500. The van der Waals surface area contributed by atoms with Crippen LogP contribution in [0.1, 0.15) is 13.8 Å². The molecule has 0 aliphatic carbocycles. The molecule has 0 unspecified atom stereocenters. The number of hydrogen-bond donors (Lipinski definition) is 2. The Balaban J connectivity index is 0.00000364. The predicted octanol–water partition coefficient (Wildman–Crippen LogP) is 1.98. The van der Waals surface area contributed by atoms with Crippen LogP contribution in [0.25, 0.3) is 0 Å². The zero-order chi connectivity index (χ0) is 18.8. The molecule has 150 valence electrons. The second kappa shape index (κ2) is 12.4. The Labute approximate surface area is 177 Å². The number of guanidine groups is 1. The van der Waals surface area contributed by atoms with Crippen LogP contribution in [-0.2, 0) is 9.53 Å². The average Bonchev–Trinajstić information content (AvgIpc) is 2.66. The number of rotatable bonds is 5. The van der Waals surface area contributed by atoms with Gasteiger partial charge in [0.05, 0.1) is 6.61 Å². The second-order valence-electron chi connectivity index (χ2n) is 5.76. The summed E-state index contributed by atoms with van der Waals surface area (Å²) in [5.41, 5.74) is 0.751. The molecule has 0 spiro atoms. The molecule has 2 amide bonds. The van der Waals surface area contributed by atoms with Crippen molar-refractivity contribution in [2.75, 3.05) is 51.2 Å². The summed E-state index contributed by atoms with van der Waals surface area (Å²) in [5.74, 6) is 0.510. The van der Waals surface area contributed by atoms with Crippen LogP contribution in [0.4, 0.5) is 10.5 Å². The van der Waals surface area contributed by atoms with Gasteiger partial charge in [-0.05, 0) is 26.0 Å². The lowest BCUT2D eigenvalue weighted by Gasteiger charge is -2.35.